The highest BCUT2D eigenvalue weighted by Gasteiger charge is 2.18. The zero-order valence-electron chi connectivity index (χ0n) is 8.84. The number of hydrogen-bond acceptors (Lipinski definition) is 4. The Kier molecular flexibility index (Phi) is 3.34. The number of amides is 1. The maximum absolute atomic E-state index is 11.5. The van der Waals surface area contributed by atoms with E-state index >= 15 is 0 Å². The fourth-order valence-corrected chi connectivity index (χ4v) is 1.06. The molecule has 6 nitrogen and oxygen atoms in total. The molecule has 0 bridgehead atoms. The molecular weight excluding hydrogens is 212 g/mol. The van der Waals surface area contributed by atoms with Gasteiger partial charge in [0.05, 0.1) is 4.92 Å². The lowest BCUT2D eigenvalue weighted by Crippen LogP contribution is -2.29. The van der Waals surface area contributed by atoms with Gasteiger partial charge in [-0.1, -0.05) is 0 Å². The summed E-state index contributed by atoms with van der Waals surface area (Å²) in [7, 11) is 2.93. The highest BCUT2D eigenvalue weighted by Crippen LogP contribution is 2.12. The van der Waals surface area contributed by atoms with Crippen LogP contribution in [0.25, 0.3) is 0 Å². The first-order valence-corrected chi connectivity index (χ1v) is 4.44. The first-order chi connectivity index (χ1) is 7.43. The average Bonchev–Trinajstić information content (AvgIpc) is 2.27. The van der Waals surface area contributed by atoms with Gasteiger partial charge in [0.25, 0.3) is 11.6 Å². The molecule has 0 unspecified atom stereocenters. The first-order valence-electron chi connectivity index (χ1n) is 4.44. The van der Waals surface area contributed by atoms with Gasteiger partial charge in [-0.3, -0.25) is 19.7 Å². The summed E-state index contributed by atoms with van der Waals surface area (Å²) in [6, 6.07) is 4.91. The van der Waals surface area contributed by atoms with Crippen LogP contribution in [-0.2, 0) is 4.79 Å². The lowest BCUT2D eigenvalue weighted by Gasteiger charge is -2.08. The molecule has 0 N–H and O–H groups in total. The third kappa shape index (κ3) is 2.41. The molecule has 0 saturated heterocycles. The molecule has 0 radical (unpaired) electrons. The van der Waals surface area contributed by atoms with E-state index in [0.29, 0.717) is 0 Å². The number of nitrogens with zero attached hydrogens (tertiary/aromatic N) is 2. The molecule has 0 spiro atoms. The van der Waals surface area contributed by atoms with Crippen molar-refractivity contribution in [1.29, 1.82) is 0 Å². The van der Waals surface area contributed by atoms with Crippen LogP contribution in [0.15, 0.2) is 24.3 Å². The zero-order chi connectivity index (χ0) is 12.3. The molecule has 84 valence electrons. The number of carbonyl (C=O) groups excluding carboxylic acids is 2. The molecule has 0 aliphatic heterocycles. The van der Waals surface area contributed by atoms with Crippen molar-refractivity contribution >= 4 is 17.4 Å². The Hall–Kier alpha value is -2.24. The second-order valence-electron chi connectivity index (χ2n) is 3.33. The Balaban J connectivity index is 2.94. The molecule has 0 atom stereocenters. The van der Waals surface area contributed by atoms with E-state index in [-0.39, 0.29) is 11.3 Å². The predicted octanol–water partition coefficient (Wildman–Crippen LogP) is 0.866. The molecule has 0 heterocycles. The maximum Gasteiger partial charge on any atom is 0.294 e. The first kappa shape index (κ1) is 11.8. The maximum atomic E-state index is 11.5. The highest BCUT2D eigenvalue weighted by atomic mass is 16.6. The fourth-order valence-electron chi connectivity index (χ4n) is 1.06. The lowest BCUT2D eigenvalue weighted by atomic mass is 10.1. The quantitative estimate of drug-likeness (QED) is 0.329. The summed E-state index contributed by atoms with van der Waals surface area (Å²) in [5, 5.41) is 10.4. The number of benzene rings is 1. The highest BCUT2D eigenvalue weighted by molar-refractivity contribution is 6.42. The van der Waals surface area contributed by atoms with Gasteiger partial charge in [0.2, 0.25) is 5.78 Å². The molecule has 0 saturated carbocycles. The van der Waals surface area contributed by atoms with E-state index in [1.807, 2.05) is 0 Å². The molecule has 0 fully saturated rings. The van der Waals surface area contributed by atoms with Gasteiger partial charge >= 0.3 is 0 Å². The van der Waals surface area contributed by atoms with Gasteiger partial charge in [-0.25, -0.2) is 0 Å². The minimum atomic E-state index is -0.681. The Bertz CT molecular complexity index is 437. The number of rotatable bonds is 3. The number of Topliss-reactive ketones (excluding diaryl/α,β-unsaturated/α-hetero) is 1. The van der Waals surface area contributed by atoms with Gasteiger partial charge in [0, 0.05) is 31.8 Å². The van der Waals surface area contributed by atoms with Gasteiger partial charge in [-0.15, -0.1) is 0 Å². The number of carbonyl (C=O) groups is 2. The van der Waals surface area contributed by atoms with Gasteiger partial charge in [0.1, 0.15) is 0 Å². The molecule has 0 aromatic heterocycles. The van der Waals surface area contributed by atoms with E-state index in [0.717, 1.165) is 4.90 Å². The summed E-state index contributed by atoms with van der Waals surface area (Å²) in [4.78, 5) is 33.8. The Labute approximate surface area is 91.6 Å². The predicted molar refractivity (Wildman–Crippen MR) is 56.1 cm³/mol. The second kappa shape index (κ2) is 4.52. The average molecular weight is 222 g/mol. The minimum Gasteiger partial charge on any atom is -0.342 e. The molecule has 1 aromatic rings. The van der Waals surface area contributed by atoms with E-state index in [4.69, 9.17) is 0 Å². The van der Waals surface area contributed by atoms with E-state index in [9.17, 15) is 19.7 Å². The molecule has 6 heteroatoms. The van der Waals surface area contributed by atoms with E-state index in [1.54, 1.807) is 0 Å². The zero-order valence-corrected chi connectivity index (χ0v) is 8.84. The summed E-state index contributed by atoms with van der Waals surface area (Å²) < 4.78 is 0. The van der Waals surface area contributed by atoms with Crippen LogP contribution in [0.2, 0.25) is 0 Å². The van der Waals surface area contributed by atoms with Gasteiger partial charge in [-0.2, -0.15) is 0 Å². The number of likely N-dealkylation sites (N-methyl/N-ethyl adjacent to an activating group) is 1. The minimum absolute atomic E-state index is 0.117. The normalized spacial score (nSPS) is 9.62. The van der Waals surface area contributed by atoms with Gasteiger partial charge in [-0.05, 0) is 12.1 Å². The third-order valence-electron chi connectivity index (χ3n) is 1.94. The molecule has 1 rings (SSSR count). The van der Waals surface area contributed by atoms with Crippen molar-refractivity contribution in [3.8, 4) is 0 Å². The van der Waals surface area contributed by atoms with E-state index in [2.05, 4.69) is 0 Å². The fraction of sp³-hybridized carbons (Fsp3) is 0.200. The van der Waals surface area contributed by atoms with Crippen molar-refractivity contribution < 1.29 is 14.5 Å². The van der Waals surface area contributed by atoms with Crippen molar-refractivity contribution in [2.45, 2.75) is 0 Å². The van der Waals surface area contributed by atoms with Crippen LogP contribution in [0.5, 0.6) is 0 Å². The molecule has 0 aliphatic rings. The summed E-state index contributed by atoms with van der Waals surface area (Å²) in [5.74, 6) is -1.34. The number of nitro benzene ring substituents is 1. The molecule has 1 aromatic carbocycles. The van der Waals surface area contributed by atoms with Crippen molar-refractivity contribution in [1.82, 2.24) is 4.90 Å². The Morgan fingerprint density at radius 1 is 1.19 bits per heavy atom. The lowest BCUT2D eigenvalue weighted by molar-refractivity contribution is -0.384. The van der Waals surface area contributed by atoms with E-state index in [1.165, 1.54) is 38.4 Å². The van der Waals surface area contributed by atoms with Crippen LogP contribution in [0.3, 0.4) is 0 Å². The van der Waals surface area contributed by atoms with Crippen LogP contribution >= 0.6 is 0 Å². The summed E-state index contributed by atoms with van der Waals surface area (Å²) >= 11 is 0. The van der Waals surface area contributed by atoms with E-state index < -0.39 is 16.6 Å². The number of hydrogen-bond donors (Lipinski definition) is 0. The van der Waals surface area contributed by atoms with Crippen molar-refractivity contribution in [3.05, 3.63) is 39.9 Å². The largest absolute Gasteiger partial charge is 0.342 e. The SMILES string of the molecule is CN(C)C(=O)C(=O)c1ccc([N+](=O)[O-])cc1. The smallest absolute Gasteiger partial charge is 0.294 e. The molecular formula is C10H10N2O4. The monoisotopic (exact) mass is 222 g/mol. The Morgan fingerprint density at radius 2 is 1.69 bits per heavy atom. The summed E-state index contributed by atoms with van der Waals surface area (Å²) in [5.41, 5.74) is 0.0261. The molecule has 1 amide bonds. The van der Waals surface area contributed by atoms with Crippen LogP contribution in [0.4, 0.5) is 5.69 Å². The molecule has 0 aliphatic carbocycles. The Morgan fingerprint density at radius 3 is 2.06 bits per heavy atom. The summed E-state index contributed by atoms with van der Waals surface area (Å²) in [6.45, 7) is 0. The number of ketones is 1. The van der Waals surface area contributed by atoms with Gasteiger partial charge in [0.15, 0.2) is 0 Å². The van der Waals surface area contributed by atoms with Crippen LogP contribution in [-0.4, -0.2) is 35.6 Å². The number of non-ortho nitro benzene ring substituents is 1. The summed E-state index contributed by atoms with van der Waals surface area (Å²) in [6.07, 6.45) is 0. The van der Waals surface area contributed by atoms with Crippen LogP contribution in [0, 0.1) is 10.1 Å². The van der Waals surface area contributed by atoms with Crippen molar-refractivity contribution in [2.24, 2.45) is 0 Å². The standard InChI is InChI=1S/C10H10N2O4/c1-11(2)10(14)9(13)7-3-5-8(6-4-7)12(15)16/h3-6H,1-2H3. The van der Waals surface area contributed by atoms with Crippen LogP contribution < -0.4 is 0 Å². The topological polar surface area (TPSA) is 80.5 Å². The molecule has 16 heavy (non-hydrogen) atoms. The van der Waals surface area contributed by atoms with Gasteiger partial charge < -0.3 is 4.90 Å². The second-order valence-corrected chi connectivity index (χ2v) is 3.33. The van der Waals surface area contributed by atoms with Crippen molar-refractivity contribution in [2.75, 3.05) is 14.1 Å². The third-order valence-corrected chi connectivity index (χ3v) is 1.94. The van der Waals surface area contributed by atoms with Crippen molar-refractivity contribution in [3.63, 3.8) is 0 Å². The number of nitro groups is 1. The van der Waals surface area contributed by atoms with Crippen LogP contribution in [0.1, 0.15) is 10.4 Å².